The zero-order valence-corrected chi connectivity index (χ0v) is 13.4. The number of fused-ring (bicyclic) bond motifs is 1. The van der Waals surface area contributed by atoms with E-state index >= 15 is 0 Å². The summed E-state index contributed by atoms with van der Waals surface area (Å²) in [6.45, 7) is 4.26. The van der Waals surface area contributed by atoms with Gasteiger partial charge in [-0.3, -0.25) is 0 Å². The van der Waals surface area contributed by atoms with Crippen LogP contribution in [0.1, 0.15) is 0 Å². The van der Waals surface area contributed by atoms with E-state index in [1.54, 1.807) is 0 Å². The summed E-state index contributed by atoms with van der Waals surface area (Å²) in [7, 11) is 2.18. The van der Waals surface area contributed by atoms with Crippen LogP contribution in [0.4, 0.5) is 5.82 Å². The summed E-state index contributed by atoms with van der Waals surface area (Å²) >= 11 is 0. The van der Waals surface area contributed by atoms with Gasteiger partial charge in [0.15, 0.2) is 0 Å². The molecule has 0 radical (unpaired) electrons. The van der Waals surface area contributed by atoms with Crippen LogP contribution < -0.4 is 4.90 Å². The van der Waals surface area contributed by atoms with Crippen LogP contribution in [-0.4, -0.2) is 43.1 Å². The highest BCUT2D eigenvalue weighted by molar-refractivity contribution is 5.96. The molecule has 0 saturated carbocycles. The molecule has 1 saturated heterocycles. The molecule has 0 amide bonds. The first kappa shape index (κ1) is 14.2. The fraction of sp³-hybridized carbons (Fsp3) is 0.250. The van der Waals surface area contributed by atoms with E-state index in [4.69, 9.17) is 4.98 Å². The maximum Gasteiger partial charge on any atom is 0.129 e. The molecule has 2 aromatic carbocycles. The number of aromatic nitrogens is 1. The van der Waals surface area contributed by atoms with Gasteiger partial charge in [0.1, 0.15) is 5.82 Å². The molecule has 3 nitrogen and oxygen atoms in total. The second-order valence-corrected chi connectivity index (χ2v) is 6.21. The Morgan fingerprint density at radius 1 is 0.826 bits per heavy atom. The molecule has 1 fully saturated rings. The molecule has 1 aromatic heterocycles. The van der Waals surface area contributed by atoms with Crippen molar-refractivity contribution in [1.82, 2.24) is 9.88 Å². The Kier molecular flexibility index (Phi) is 3.72. The normalized spacial score (nSPS) is 16.0. The third-order valence-corrected chi connectivity index (χ3v) is 4.60. The van der Waals surface area contributed by atoms with Gasteiger partial charge in [-0.05, 0) is 18.5 Å². The maximum absolute atomic E-state index is 5.03. The zero-order chi connectivity index (χ0) is 15.6. The lowest BCUT2D eigenvalue weighted by Crippen LogP contribution is -2.44. The van der Waals surface area contributed by atoms with Gasteiger partial charge in [0.2, 0.25) is 0 Å². The molecule has 23 heavy (non-hydrogen) atoms. The predicted molar refractivity (Wildman–Crippen MR) is 96.9 cm³/mol. The van der Waals surface area contributed by atoms with Crippen LogP contribution in [0.25, 0.3) is 22.0 Å². The zero-order valence-electron chi connectivity index (χ0n) is 13.4. The van der Waals surface area contributed by atoms with Gasteiger partial charge in [-0.2, -0.15) is 0 Å². The first-order chi connectivity index (χ1) is 11.3. The van der Waals surface area contributed by atoms with Crippen LogP contribution in [0.3, 0.4) is 0 Å². The third-order valence-electron chi connectivity index (χ3n) is 4.60. The summed E-state index contributed by atoms with van der Waals surface area (Å²) in [4.78, 5) is 9.80. The molecule has 0 spiro atoms. The highest BCUT2D eigenvalue weighted by Crippen LogP contribution is 2.30. The number of likely N-dealkylation sites (N-methyl/N-ethyl adjacent to an activating group) is 1. The Morgan fingerprint density at radius 3 is 2.30 bits per heavy atom. The van der Waals surface area contributed by atoms with Crippen molar-refractivity contribution in [3.05, 3.63) is 60.7 Å². The molecule has 116 valence electrons. The molecule has 0 bridgehead atoms. The van der Waals surface area contributed by atoms with Gasteiger partial charge in [0, 0.05) is 37.1 Å². The number of piperazine rings is 1. The van der Waals surface area contributed by atoms with Crippen molar-refractivity contribution in [2.75, 3.05) is 38.1 Å². The molecule has 1 aliphatic rings. The predicted octanol–water partition coefficient (Wildman–Crippen LogP) is 3.65. The molecule has 4 rings (SSSR count). The number of pyridine rings is 1. The molecule has 0 unspecified atom stereocenters. The Bertz CT molecular complexity index is 805. The highest BCUT2D eigenvalue weighted by atomic mass is 15.3. The van der Waals surface area contributed by atoms with E-state index in [2.05, 4.69) is 77.5 Å². The third kappa shape index (κ3) is 2.80. The van der Waals surface area contributed by atoms with Gasteiger partial charge in [-0.25, -0.2) is 4.98 Å². The van der Waals surface area contributed by atoms with Crippen molar-refractivity contribution in [2.24, 2.45) is 0 Å². The molecular formula is C20H21N3. The van der Waals surface area contributed by atoms with Gasteiger partial charge in [0.05, 0.1) is 5.69 Å². The van der Waals surface area contributed by atoms with E-state index < -0.39 is 0 Å². The van der Waals surface area contributed by atoms with Crippen molar-refractivity contribution < 1.29 is 0 Å². The maximum atomic E-state index is 5.03. The molecule has 0 aliphatic carbocycles. The number of hydrogen-bond acceptors (Lipinski definition) is 3. The topological polar surface area (TPSA) is 19.4 Å². The standard InChI is InChI=1S/C20H21N3/c1-22-11-13-23(14-12-22)19-15-17-9-5-6-10-18(17)20(21-19)16-7-3-2-4-8-16/h2-10,15H,11-14H2,1H3. The van der Waals surface area contributed by atoms with Crippen LogP contribution in [0.15, 0.2) is 60.7 Å². The Labute approximate surface area is 137 Å². The number of anilines is 1. The smallest absolute Gasteiger partial charge is 0.129 e. The van der Waals surface area contributed by atoms with E-state index in [9.17, 15) is 0 Å². The minimum atomic E-state index is 1.04. The Hall–Kier alpha value is -2.39. The van der Waals surface area contributed by atoms with Gasteiger partial charge in [-0.1, -0.05) is 54.6 Å². The van der Waals surface area contributed by atoms with Crippen LogP contribution in [0, 0.1) is 0 Å². The largest absolute Gasteiger partial charge is 0.354 e. The average Bonchev–Trinajstić information content (AvgIpc) is 2.62. The summed E-state index contributed by atoms with van der Waals surface area (Å²) in [5.41, 5.74) is 2.26. The molecular weight excluding hydrogens is 282 g/mol. The van der Waals surface area contributed by atoms with Crippen LogP contribution in [-0.2, 0) is 0 Å². The van der Waals surface area contributed by atoms with Crippen molar-refractivity contribution >= 4 is 16.6 Å². The van der Waals surface area contributed by atoms with Crippen molar-refractivity contribution in [3.8, 4) is 11.3 Å². The number of nitrogens with zero attached hydrogens (tertiary/aromatic N) is 3. The lowest BCUT2D eigenvalue weighted by atomic mass is 10.0. The van der Waals surface area contributed by atoms with Crippen LogP contribution in [0.5, 0.6) is 0 Å². The molecule has 3 heteroatoms. The summed E-state index contributed by atoms with van der Waals surface area (Å²) < 4.78 is 0. The monoisotopic (exact) mass is 303 g/mol. The van der Waals surface area contributed by atoms with E-state index in [0.717, 1.165) is 37.7 Å². The quantitative estimate of drug-likeness (QED) is 0.720. The molecule has 0 atom stereocenters. The molecule has 2 heterocycles. The van der Waals surface area contributed by atoms with Gasteiger partial charge >= 0.3 is 0 Å². The van der Waals surface area contributed by atoms with Crippen molar-refractivity contribution in [1.29, 1.82) is 0 Å². The van der Waals surface area contributed by atoms with E-state index in [1.807, 2.05) is 0 Å². The van der Waals surface area contributed by atoms with Crippen molar-refractivity contribution in [2.45, 2.75) is 0 Å². The van der Waals surface area contributed by atoms with E-state index in [1.165, 1.54) is 16.3 Å². The van der Waals surface area contributed by atoms with Gasteiger partial charge < -0.3 is 9.80 Å². The summed E-state index contributed by atoms with van der Waals surface area (Å²) in [6, 6.07) is 21.3. The summed E-state index contributed by atoms with van der Waals surface area (Å²) in [6.07, 6.45) is 0. The van der Waals surface area contributed by atoms with E-state index in [0.29, 0.717) is 0 Å². The van der Waals surface area contributed by atoms with Gasteiger partial charge in [0.25, 0.3) is 0 Å². The first-order valence-corrected chi connectivity index (χ1v) is 8.20. The summed E-state index contributed by atoms with van der Waals surface area (Å²) in [5.74, 6) is 1.09. The van der Waals surface area contributed by atoms with Crippen molar-refractivity contribution in [3.63, 3.8) is 0 Å². The number of benzene rings is 2. The Morgan fingerprint density at radius 2 is 1.52 bits per heavy atom. The average molecular weight is 303 g/mol. The minimum Gasteiger partial charge on any atom is -0.354 e. The lowest BCUT2D eigenvalue weighted by molar-refractivity contribution is 0.312. The fourth-order valence-electron chi connectivity index (χ4n) is 3.20. The Balaban J connectivity index is 1.84. The second kappa shape index (κ2) is 6.01. The second-order valence-electron chi connectivity index (χ2n) is 6.21. The SMILES string of the molecule is CN1CCN(c2cc3ccccc3c(-c3ccccc3)n2)CC1. The van der Waals surface area contributed by atoms with Crippen LogP contribution >= 0.6 is 0 Å². The lowest BCUT2D eigenvalue weighted by Gasteiger charge is -2.33. The minimum absolute atomic E-state index is 1.04. The van der Waals surface area contributed by atoms with Crippen LogP contribution in [0.2, 0.25) is 0 Å². The summed E-state index contributed by atoms with van der Waals surface area (Å²) in [5, 5.41) is 2.48. The number of rotatable bonds is 2. The molecule has 1 aliphatic heterocycles. The van der Waals surface area contributed by atoms with E-state index in [-0.39, 0.29) is 0 Å². The number of hydrogen-bond donors (Lipinski definition) is 0. The van der Waals surface area contributed by atoms with Gasteiger partial charge in [-0.15, -0.1) is 0 Å². The fourth-order valence-corrected chi connectivity index (χ4v) is 3.20. The highest BCUT2D eigenvalue weighted by Gasteiger charge is 2.17. The molecule has 3 aromatic rings. The molecule has 0 N–H and O–H groups in total. The first-order valence-electron chi connectivity index (χ1n) is 8.20.